The molecule has 1 aliphatic heterocycles. The van der Waals surface area contributed by atoms with Gasteiger partial charge in [-0.25, -0.2) is 0 Å². The fourth-order valence-corrected chi connectivity index (χ4v) is 1.90. The van der Waals surface area contributed by atoms with Crippen molar-refractivity contribution in [3.05, 3.63) is 0 Å². The topological polar surface area (TPSA) is 38.0 Å². The molecule has 1 aliphatic carbocycles. The average molecular weight is 112 g/mol. The molecule has 3 atom stereocenters. The van der Waals surface area contributed by atoms with Gasteiger partial charge in [-0.15, -0.1) is 0 Å². The van der Waals surface area contributed by atoms with E-state index in [2.05, 4.69) is 5.32 Å². The second-order valence-electron chi connectivity index (χ2n) is 3.02. The number of rotatable bonds is 0. The molecule has 0 aromatic rings. The van der Waals surface area contributed by atoms with Crippen molar-refractivity contribution >= 4 is 0 Å². The molecule has 8 heavy (non-hydrogen) atoms. The van der Waals surface area contributed by atoms with E-state index in [0.29, 0.717) is 12.1 Å². The largest absolute Gasteiger partial charge is 0.326 e. The first-order valence-corrected chi connectivity index (χ1v) is 3.35. The quantitative estimate of drug-likeness (QED) is 0.451. The SMILES string of the molecule is N[C@@H]1C[C@@H]2CN[C@H]1C2. The molecule has 1 saturated carbocycles. The Morgan fingerprint density at radius 2 is 2.25 bits per heavy atom. The summed E-state index contributed by atoms with van der Waals surface area (Å²) in [5.74, 6) is 0.912. The fourth-order valence-electron chi connectivity index (χ4n) is 1.90. The van der Waals surface area contributed by atoms with Crippen LogP contribution in [0.1, 0.15) is 12.8 Å². The summed E-state index contributed by atoms with van der Waals surface area (Å²) in [7, 11) is 0. The van der Waals surface area contributed by atoms with Gasteiger partial charge in [0.1, 0.15) is 0 Å². The summed E-state index contributed by atoms with van der Waals surface area (Å²) in [6.45, 7) is 1.22. The first-order valence-electron chi connectivity index (χ1n) is 3.35. The molecule has 0 radical (unpaired) electrons. The van der Waals surface area contributed by atoms with Crippen LogP contribution in [0.3, 0.4) is 0 Å². The number of nitrogens with two attached hydrogens (primary N) is 1. The van der Waals surface area contributed by atoms with Crippen LogP contribution < -0.4 is 11.1 Å². The maximum absolute atomic E-state index is 5.76. The van der Waals surface area contributed by atoms with Gasteiger partial charge in [-0.3, -0.25) is 0 Å². The minimum absolute atomic E-state index is 0.466. The molecular formula is C6H12N2. The number of hydrogen-bond donors (Lipinski definition) is 2. The Hall–Kier alpha value is -0.0800. The highest BCUT2D eigenvalue weighted by Gasteiger charge is 2.36. The summed E-state index contributed by atoms with van der Waals surface area (Å²) in [5.41, 5.74) is 5.76. The van der Waals surface area contributed by atoms with Gasteiger partial charge in [0.2, 0.25) is 0 Å². The van der Waals surface area contributed by atoms with Crippen LogP contribution in [0.5, 0.6) is 0 Å². The lowest BCUT2D eigenvalue weighted by Crippen LogP contribution is -2.42. The Bertz CT molecular complexity index is 101. The third kappa shape index (κ3) is 0.501. The van der Waals surface area contributed by atoms with Gasteiger partial charge in [0.05, 0.1) is 0 Å². The molecule has 2 heteroatoms. The summed E-state index contributed by atoms with van der Waals surface area (Å²) in [4.78, 5) is 0. The summed E-state index contributed by atoms with van der Waals surface area (Å²) < 4.78 is 0. The molecule has 46 valence electrons. The molecule has 0 unspecified atom stereocenters. The van der Waals surface area contributed by atoms with Gasteiger partial charge >= 0.3 is 0 Å². The molecule has 2 fully saturated rings. The third-order valence-corrected chi connectivity index (χ3v) is 2.38. The lowest BCUT2D eigenvalue weighted by atomic mass is 10.1. The van der Waals surface area contributed by atoms with E-state index in [1.54, 1.807) is 0 Å². The van der Waals surface area contributed by atoms with E-state index < -0.39 is 0 Å². The Morgan fingerprint density at radius 1 is 1.38 bits per heavy atom. The number of fused-ring (bicyclic) bond motifs is 2. The number of piperidine rings is 1. The minimum Gasteiger partial charge on any atom is -0.326 e. The highest BCUT2D eigenvalue weighted by molar-refractivity contribution is 4.97. The maximum atomic E-state index is 5.76. The van der Waals surface area contributed by atoms with Crippen molar-refractivity contribution in [3.63, 3.8) is 0 Å². The first-order chi connectivity index (χ1) is 3.86. The highest BCUT2D eigenvalue weighted by atomic mass is 15.0. The zero-order valence-electron chi connectivity index (χ0n) is 4.93. The average Bonchev–Trinajstić information content (AvgIpc) is 2.23. The zero-order valence-corrected chi connectivity index (χ0v) is 4.93. The smallest absolute Gasteiger partial charge is 0.0222 e. The van der Waals surface area contributed by atoms with Gasteiger partial charge in [-0.2, -0.15) is 0 Å². The molecule has 1 heterocycles. The van der Waals surface area contributed by atoms with Crippen LogP contribution in [0.4, 0.5) is 0 Å². The van der Waals surface area contributed by atoms with Crippen LogP contribution >= 0.6 is 0 Å². The Kier molecular flexibility index (Phi) is 0.866. The van der Waals surface area contributed by atoms with Crippen LogP contribution in [0.15, 0.2) is 0 Å². The zero-order chi connectivity index (χ0) is 5.56. The fraction of sp³-hybridized carbons (Fsp3) is 1.00. The minimum atomic E-state index is 0.466. The number of nitrogens with one attached hydrogen (secondary N) is 1. The van der Waals surface area contributed by atoms with Crippen LogP contribution in [-0.4, -0.2) is 18.6 Å². The van der Waals surface area contributed by atoms with Crippen molar-refractivity contribution in [3.8, 4) is 0 Å². The van der Waals surface area contributed by atoms with Crippen LogP contribution in [0, 0.1) is 5.92 Å². The van der Waals surface area contributed by atoms with E-state index in [1.165, 1.54) is 19.4 Å². The third-order valence-electron chi connectivity index (χ3n) is 2.38. The second kappa shape index (κ2) is 1.45. The van der Waals surface area contributed by atoms with E-state index in [4.69, 9.17) is 5.73 Å². The molecule has 0 spiro atoms. The lowest BCUT2D eigenvalue weighted by molar-refractivity contribution is 0.446. The van der Waals surface area contributed by atoms with Crippen LogP contribution in [-0.2, 0) is 0 Å². The Labute approximate surface area is 49.4 Å². The lowest BCUT2D eigenvalue weighted by Gasteiger charge is -2.17. The highest BCUT2D eigenvalue weighted by Crippen LogP contribution is 2.29. The van der Waals surface area contributed by atoms with E-state index in [-0.39, 0.29) is 0 Å². The maximum Gasteiger partial charge on any atom is 0.0222 e. The molecule has 0 amide bonds. The molecule has 1 saturated heterocycles. The van der Waals surface area contributed by atoms with E-state index in [1.807, 2.05) is 0 Å². The summed E-state index contributed by atoms with van der Waals surface area (Å²) in [6.07, 6.45) is 2.60. The summed E-state index contributed by atoms with van der Waals surface area (Å²) in [6, 6.07) is 1.13. The van der Waals surface area contributed by atoms with E-state index >= 15 is 0 Å². The van der Waals surface area contributed by atoms with Crippen LogP contribution in [0.25, 0.3) is 0 Å². The summed E-state index contributed by atoms with van der Waals surface area (Å²) in [5, 5.41) is 3.38. The van der Waals surface area contributed by atoms with Crippen molar-refractivity contribution in [2.24, 2.45) is 11.7 Å². The van der Waals surface area contributed by atoms with Crippen molar-refractivity contribution in [1.29, 1.82) is 0 Å². The van der Waals surface area contributed by atoms with Crippen LogP contribution in [0.2, 0.25) is 0 Å². The van der Waals surface area contributed by atoms with E-state index in [0.717, 1.165) is 5.92 Å². The molecular weight excluding hydrogens is 100 g/mol. The number of hydrogen-bond acceptors (Lipinski definition) is 2. The molecule has 2 bridgehead atoms. The van der Waals surface area contributed by atoms with Gasteiger partial charge in [0.25, 0.3) is 0 Å². The van der Waals surface area contributed by atoms with Gasteiger partial charge in [0.15, 0.2) is 0 Å². The Morgan fingerprint density at radius 3 is 2.50 bits per heavy atom. The molecule has 0 aromatic carbocycles. The van der Waals surface area contributed by atoms with Crippen molar-refractivity contribution < 1.29 is 0 Å². The van der Waals surface area contributed by atoms with Gasteiger partial charge in [-0.05, 0) is 25.3 Å². The van der Waals surface area contributed by atoms with Crippen molar-refractivity contribution in [1.82, 2.24) is 5.32 Å². The molecule has 2 nitrogen and oxygen atoms in total. The first kappa shape index (κ1) is 4.77. The molecule has 3 N–H and O–H groups in total. The van der Waals surface area contributed by atoms with E-state index in [9.17, 15) is 0 Å². The second-order valence-corrected chi connectivity index (χ2v) is 3.02. The molecule has 2 rings (SSSR count). The van der Waals surface area contributed by atoms with Crippen molar-refractivity contribution in [2.45, 2.75) is 24.9 Å². The predicted octanol–water partition coefficient (Wildman–Crippen LogP) is -0.305. The Balaban J connectivity index is 2.11. The van der Waals surface area contributed by atoms with Gasteiger partial charge < -0.3 is 11.1 Å². The predicted molar refractivity (Wildman–Crippen MR) is 32.5 cm³/mol. The monoisotopic (exact) mass is 112 g/mol. The van der Waals surface area contributed by atoms with Gasteiger partial charge in [0, 0.05) is 12.1 Å². The standard InChI is InChI=1S/C6H12N2/c7-5-1-4-2-6(5)8-3-4/h4-6,8H,1-3,7H2/t4-,5+,6-/m0/s1. The molecule has 0 aromatic heterocycles. The summed E-state index contributed by atoms with van der Waals surface area (Å²) >= 11 is 0. The van der Waals surface area contributed by atoms with Gasteiger partial charge in [-0.1, -0.05) is 0 Å². The van der Waals surface area contributed by atoms with Crippen molar-refractivity contribution in [2.75, 3.05) is 6.54 Å². The normalized spacial score (nSPS) is 52.9. The molecule has 2 aliphatic rings.